The molecule has 1 aliphatic rings. The molecule has 1 fully saturated rings. The van der Waals surface area contributed by atoms with E-state index >= 15 is 0 Å². The molecular weight excluding hydrogens is 504 g/mol. The van der Waals surface area contributed by atoms with E-state index in [1.165, 1.54) is 19.3 Å². The molecule has 1 aromatic carbocycles. The summed E-state index contributed by atoms with van der Waals surface area (Å²) >= 11 is 0. The maximum Gasteiger partial charge on any atom is 1.00 e. The van der Waals surface area contributed by atoms with Gasteiger partial charge in [-0.1, -0.05) is 6.07 Å². The predicted octanol–water partition coefficient (Wildman–Crippen LogP) is -2.01. The fourth-order valence-corrected chi connectivity index (χ4v) is 5.39. The van der Waals surface area contributed by atoms with Crippen LogP contribution >= 0.6 is 0 Å². The van der Waals surface area contributed by atoms with Crippen molar-refractivity contribution in [2.45, 2.75) is 19.4 Å². The molecule has 1 saturated heterocycles. The maximum atomic E-state index is 13.6. The first-order valence-corrected chi connectivity index (χ1v) is 12.1. The van der Waals surface area contributed by atoms with E-state index in [1.54, 1.807) is 12.1 Å². The van der Waals surface area contributed by atoms with Gasteiger partial charge < -0.3 is 22.6 Å². The third-order valence-electron chi connectivity index (χ3n) is 5.50. The second-order valence-electron chi connectivity index (χ2n) is 7.69. The minimum atomic E-state index is -3.65. The molecule has 2 amide bonds. The van der Waals surface area contributed by atoms with E-state index in [0.29, 0.717) is 23.8 Å². The number of fused-ring (bicyclic) bond motifs is 1. The number of carbonyl (C=O) groups is 2. The third kappa shape index (κ3) is 5.76. The Hall–Kier alpha value is -2.84. The van der Waals surface area contributed by atoms with Crippen LogP contribution in [0, 0.1) is 5.82 Å². The van der Waals surface area contributed by atoms with Crippen LogP contribution in [0.15, 0.2) is 36.5 Å². The average molecular weight is 530 g/mol. The molecule has 2 aromatic heterocycles. The Bertz CT molecular complexity index is 1410. The molecule has 14 heteroatoms. The Morgan fingerprint density at radius 1 is 1.22 bits per heavy atom. The molecule has 36 heavy (non-hydrogen) atoms. The third-order valence-corrected chi connectivity index (χ3v) is 7.33. The summed E-state index contributed by atoms with van der Waals surface area (Å²) in [7, 11) is -2.25. The molecule has 0 spiro atoms. The predicted molar refractivity (Wildman–Crippen MR) is 127 cm³/mol. The smallest absolute Gasteiger partial charge is 1.00 e. The second-order valence-corrected chi connectivity index (χ2v) is 9.70. The van der Waals surface area contributed by atoms with Gasteiger partial charge in [0.15, 0.2) is 17.3 Å². The van der Waals surface area contributed by atoms with Gasteiger partial charge in [-0.15, -0.1) is 0 Å². The van der Waals surface area contributed by atoms with E-state index in [9.17, 15) is 27.5 Å². The molecule has 0 bridgehead atoms. The van der Waals surface area contributed by atoms with Gasteiger partial charge in [0.1, 0.15) is 11.3 Å². The van der Waals surface area contributed by atoms with E-state index < -0.39 is 39.1 Å². The van der Waals surface area contributed by atoms with Crippen LogP contribution in [0.5, 0.6) is 5.75 Å². The number of carbonyl (C=O) groups excluding carboxylic acids is 2. The molecule has 0 unspecified atom stereocenters. The molecule has 4 rings (SSSR count). The zero-order valence-electron chi connectivity index (χ0n) is 20.7. The van der Waals surface area contributed by atoms with Crippen molar-refractivity contribution in [3.05, 3.63) is 59.2 Å². The van der Waals surface area contributed by atoms with Crippen LogP contribution in [-0.4, -0.2) is 60.1 Å². The number of anilines is 1. The summed E-state index contributed by atoms with van der Waals surface area (Å²) in [4.78, 5) is 33.4. The summed E-state index contributed by atoms with van der Waals surface area (Å²) in [5.74, 6) is -2.49. The van der Waals surface area contributed by atoms with Gasteiger partial charge in [-0.05, 0) is 42.7 Å². The summed E-state index contributed by atoms with van der Waals surface area (Å²) in [5.41, 5.74) is 0.00317. The number of amides is 2. The van der Waals surface area contributed by atoms with Crippen molar-refractivity contribution >= 4 is 38.6 Å². The maximum absolute atomic E-state index is 13.6. The van der Waals surface area contributed by atoms with Crippen LogP contribution < -0.4 is 44.5 Å². The van der Waals surface area contributed by atoms with E-state index in [2.05, 4.69) is 20.6 Å². The number of benzene rings is 1. The Labute approximate surface area is 230 Å². The second kappa shape index (κ2) is 11.9. The van der Waals surface area contributed by atoms with E-state index in [0.717, 1.165) is 16.4 Å². The number of halogens is 1. The van der Waals surface area contributed by atoms with Gasteiger partial charge >= 0.3 is 29.6 Å². The molecule has 0 aliphatic carbocycles. The number of hydrogen-bond donors (Lipinski definition) is 3. The quantitative estimate of drug-likeness (QED) is 0.320. The molecular formula is C22H25FN5NaO6S. The molecule has 188 valence electrons. The van der Waals surface area contributed by atoms with Crippen LogP contribution in [-0.2, 0) is 16.6 Å². The van der Waals surface area contributed by atoms with Gasteiger partial charge in [-0.2, -0.15) is 0 Å². The van der Waals surface area contributed by atoms with Gasteiger partial charge in [-0.3, -0.25) is 18.9 Å². The summed E-state index contributed by atoms with van der Waals surface area (Å²) in [6.45, 7) is 0.0246. The number of pyridine rings is 2. The Balaban J connectivity index is 0.00000228. The van der Waals surface area contributed by atoms with Gasteiger partial charge in [0.2, 0.25) is 10.0 Å². The summed E-state index contributed by atoms with van der Waals surface area (Å²) in [6.07, 6.45) is 2.55. The molecule has 5 N–H and O–H groups in total. The molecule has 3 aromatic rings. The first kappa shape index (κ1) is 29.4. The van der Waals surface area contributed by atoms with Crippen LogP contribution in [0.4, 0.5) is 10.2 Å². The van der Waals surface area contributed by atoms with Crippen molar-refractivity contribution < 1.29 is 64.0 Å². The van der Waals surface area contributed by atoms with Crippen molar-refractivity contribution in [3.63, 3.8) is 0 Å². The number of aromatic nitrogens is 2. The SMILES string of the molecule is CNC(=O)c1cc(F)ccc1CNC(=O)c1nc(N2CCCCS2(=O)=O)c2cccnc2c1O.O.[H-].[Na+]. The number of sulfonamides is 1. The number of rotatable bonds is 5. The van der Waals surface area contributed by atoms with Crippen LogP contribution in [0.25, 0.3) is 10.9 Å². The molecule has 11 nitrogen and oxygen atoms in total. The standard InChI is InChI=1S/C22H22FN5O5S.Na.H2O.H/c1-24-21(30)16-11-14(23)7-6-13(16)12-26-22(31)18-19(29)17-15(5-4-8-25-17)20(27-18)28-9-2-3-10-34(28,32)33;;;/h4-8,11,29H,2-3,9-10,12H2,1H3,(H,24,30)(H,26,31);;1H2;/q;+1;;-1. The zero-order valence-corrected chi connectivity index (χ0v) is 22.5. The van der Waals surface area contributed by atoms with E-state index in [-0.39, 0.29) is 72.2 Å². The van der Waals surface area contributed by atoms with Crippen LogP contribution in [0.3, 0.4) is 0 Å². The Morgan fingerprint density at radius 2 is 1.97 bits per heavy atom. The minimum absolute atomic E-state index is 0. The molecule has 0 atom stereocenters. The van der Waals surface area contributed by atoms with Gasteiger partial charge in [0.25, 0.3) is 11.8 Å². The average Bonchev–Trinajstić information content (AvgIpc) is 2.83. The van der Waals surface area contributed by atoms with Crippen molar-refractivity contribution in [2.24, 2.45) is 0 Å². The zero-order chi connectivity index (χ0) is 24.5. The van der Waals surface area contributed by atoms with Crippen LogP contribution in [0.1, 0.15) is 40.7 Å². The van der Waals surface area contributed by atoms with E-state index in [4.69, 9.17) is 0 Å². The van der Waals surface area contributed by atoms with E-state index in [1.807, 2.05) is 0 Å². The van der Waals surface area contributed by atoms with Crippen molar-refractivity contribution in [2.75, 3.05) is 23.7 Å². The normalized spacial score (nSPS) is 14.3. The number of nitrogens with one attached hydrogen (secondary N) is 2. The first-order valence-electron chi connectivity index (χ1n) is 10.5. The molecule has 1 aliphatic heterocycles. The fraction of sp³-hybridized carbons (Fsp3) is 0.273. The van der Waals surface area contributed by atoms with Crippen molar-refractivity contribution in [1.29, 1.82) is 0 Å². The number of hydrogen-bond acceptors (Lipinski definition) is 7. The van der Waals surface area contributed by atoms with Crippen molar-refractivity contribution in [1.82, 2.24) is 20.6 Å². The Morgan fingerprint density at radius 3 is 2.67 bits per heavy atom. The van der Waals surface area contributed by atoms with Crippen molar-refractivity contribution in [3.8, 4) is 5.75 Å². The van der Waals surface area contributed by atoms with Crippen LogP contribution in [0.2, 0.25) is 0 Å². The largest absolute Gasteiger partial charge is 1.00 e. The number of nitrogens with zero attached hydrogens (tertiary/aromatic N) is 3. The minimum Gasteiger partial charge on any atom is -1.00 e. The first-order chi connectivity index (χ1) is 16.2. The molecule has 3 heterocycles. The topological polar surface area (TPSA) is 173 Å². The summed E-state index contributed by atoms with van der Waals surface area (Å²) in [5, 5.41) is 16.0. The molecule has 0 saturated carbocycles. The number of aromatic hydroxyl groups is 1. The summed E-state index contributed by atoms with van der Waals surface area (Å²) in [6, 6.07) is 6.72. The monoisotopic (exact) mass is 529 g/mol. The summed E-state index contributed by atoms with van der Waals surface area (Å²) < 4.78 is 40.1. The van der Waals surface area contributed by atoms with Gasteiger partial charge in [-0.25, -0.2) is 17.8 Å². The van der Waals surface area contributed by atoms with Gasteiger partial charge in [0, 0.05) is 37.3 Å². The molecule has 0 radical (unpaired) electrons. The Kier molecular flexibility index (Phi) is 9.74. The fourth-order valence-electron chi connectivity index (χ4n) is 3.79. The van der Waals surface area contributed by atoms with Gasteiger partial charge in [0.05, 0.1) is 5.75 Å².